The van der Waals surface area contributed by atoms with E-state index in [2.05, 4.69) is 9.46 Å². The van der Waals surface area contributed by atoms with E-state index < -0.39 is 16.6 Å². The molecule has 0 saturated heterocycles. The third kappa shape index (κ3) is 4.75. The Labute approximate surface area is 140 Å². The highest BCUT2D eigenvalue weighted by Gasteiger charge is 2.16. The van der Waals surface area contributed by atoms with E-state index in [4.69, 9.17) is 0 Å². The van der Waals surface area contributed by atoms with Crippen molar-refractivity contribution in [1.82, 2.24) is 4.72 Å². The van der Waals surface area contributed by atoms with E-state index in [1.165, 1.54) is 24.3 Å². The van der Waals surface area contributed by atoms with Gasteiger partial charge in [-0.1, -0.05) is 44.2 Å². The highest BCUT2D eigenvalue weighted by Crippen LogP contribution is 2.21. The van der Waals surface area contributed by atoms with E-state index in [1.54, 1.807) is 24.3 Å². The lowest BCUT2D eigenvalue weighted by atomic mass is 10.0. The molecule has 0 unspecified atom stereocenters. The normalized spacial score (nSPS) is 11.9. The molecule has 4 nitrogen and oxygen atoms in total. The van der Waals surface area contributed by atoms with Gasteiger partial charge in [-0.2, -0.15) is 8.78 Å². The summed E-state index contributed by atoms with van der Waals surface area (Å²) in [7, 11) is -3.74. The molecule has 2 aromatic carbocycles. The van der Waals surface area contributed by atoms with Gasteiger partial charge in [-0.15, -0.1) is 0 Å². The van der Waals surface area contributed by atoms with Crippen LogP contribution in [0.5, 0.6) is 5.75 Å². The highest BCUT2D eigenvalue weighted by atomic mass is 32.2. The number of benzene rings is 2. The van der Waals surface area contributed by atoms with Crippen molar-refractivity contribution in [2.75, 3.05) is 0 Å². The van der Waals surface area contributed by atoms with Crippen LogP contribution in [0.15, 0.2) is 53.4 Å². The van der Waals surface area contributed by atoms with Gasteiger partial charge in [0.15, 0.2) is 0 Å². The Balaban J connectivity index is 2.13. The molecule has 2 rings (SSSR count). The topological polar surface area (TPSA) is 55.4 Å². The number of ether oxygens (including phenoxy) is 1. The van der Waals surface area contributed by atoms with Gasteiger partial charge in [0.25, 0.3) is 0 Å². The fraction of sp³-hybridized carbons (Fsp3) is 0.294. The van der Waals surface area contributed by atoms with Gasteiger partial charge in [0.05, 0.1) is 4.90 Å². The van der Waals surface area contributed by atoms with Crippen molar-refractivity contribution in [2.45, 2.75) is 37.8 Å². The van der Waals surface area contributed by atoms with E-state index in [-0.39, 0.29) is 17.2 Å². The van der Waals surface area contributed by atoms with E-state index in [1.807, 2.05) is 13.8 Å². The Kier molecular flexibility index (Phi) is 5.90. The predicted molar refractivity (Wildman–Crippen MR) is 87.6 cm³/mol. The summed E-state index contributed by atoms with van der Waals surface area (Å²) in [5, 5.41) is 0. The Morgan fingerprint density at radius 2 is 1.67 bits per heavy atom. The molecule has 0 saturated carbocycles. The van der Waals surface area contributed by atoms with Crippen LogP contribution < -0.4 is 9.46 Å². The van der Waals surface area contributed by atoms with Crippen LogP contribution in [0.1, 0.15) is 30.9 Å². The van der Waals surface area contributed by atoms with Crippen molar-refractivity contribution in [3.05, 3.63) is 59.7 Å². The largest absolute Gasteiger partial charge is 0.434 e. The number of rotatable bonds is 7. The summed E-state index contributed by atoms with van der Waals surface area (Å²) in [5.74, 6) is 0.249. The van der Waals surface area contributed by atoms with Gasteiger partial charge < -0.3 is 4.74 Å². The molecule has 2 aromatic rings. The summed E-state index contributed by atoms with van der Waals surface area (Å²) in [6, 6.07) is 12.6. The van der Waals surface area contributed by atoms with Crippen LogP contribution >= 0.6 is 0 Å². The molecule has 24 heavy (non-hydrogen) atoms. The first-order valence-corrected chi connectivity index (χ1v) is 8.90. The maximum Gasteiger partial charge on any atom is 0.387 e. The molecule has 130 valence electrons. The molecular formula is C17H19F2NO3S. The van der Waals surface area contributed by atoms with Crippen molar-refractivity contribution in [3.63, 3.8) is 0 Å². The Bertz CT molecular complexity index is 775. The predicted octanol–water partition coefficient (Wildman–Crippen LogP) is 3.89. The van der Waals surface area contributed by atoms with Crippen molar-refractivity contribution in [1.29, 1.82) is 0 Å². The lowest BCUT2D eigenvalue weighted by Crippen LogP contribution is -2.23. The minimum Gasteiger partial charge on any atom is -0.434 e. The molecule has 0 aliphatic heterocycles. The summed E-state index contributed by atoms with van der Waals surface area (Å²) in [6.45, 7) is 0.923. The van der Waals surface area contributed by atoms with Gasteiger partial charge in [0, 0.05) is 12.1 Å². The standard InChI is InChI=1S/C17H19F2NO3S/c1-12(2)13-7-9-15(10-8-13)24(21,22)20-11-14-5-3-4-6-16(14)23-17(18)19/h3-10,12,17,20H,11H2,1-2H3. The quantitative estimate of drug-likeness (QED) is 0.820. The first-order valence-electron chi connectivity index (χ1n) is 7.42. The van der Waals surface area contributed by atoms with Gasteiger partial charge in [-0.3, -0.25) is 0 Å². The number of para-hydroxylation sites is 1. The first kappa shape index (κ1) is 18.4. The Morgan fingerprint density at radius 3 is 2.25 bits per heavy atom. The van der Waals surface area contributed by atoms with Gasteiger partial charge in [0.2, 0.25) is 10.0 Å². The lowest BCUT2D eigenvalue weighted by molar-refractivity contribution is -0.0504. The Morgan fingerprint density at radius 1 is 1.04 bits per heavy atom. The number of alkyl halides is 2. The summed E-state index contributed by atoms with van der Waals surface area (Å²) in [4.78, 5) is 0.124. The molecule has 0 aromatic heterocycles. The molecule has 1 N–H and O–H groups in total. The molecule has 0 amide bonds. The van der Waals surface area contributed by atoms with Crippen molar-refractivity contribution in [2.24, 2.45) is 0 Å². The van der Waals surface area contributed by atoms with E-state index in [0.717, 1.165) is 5.56 Å². The zero-order valence-electron chi connectivity index (χ0n) is 13.4. The molecule has 7 heteroatoms. The van der Waals surface area contributed by atoms with Crippen LogP contribution in [0.2, 0.25) is 0 Å². The summed E-state index contributed by atoms with van der Waals surface area (Å²) in [6.07, 6.45) is 0. The third-order valence-corrected chi connectivity index (χ3v) is 4.92. The molecule has 0 aliphatic rings. The van der Waals surface area contributed by atoms with E-state index in [0.29, 0.717) is 11.5 Å². The average molecular weight is 355 g/mol. The number of nitrogens with one attached hydrogen (secondary N) is 1. The maximum absolute atomic E-state index is 12.4. The molecule has 0 heterocycles. The molecule has 0 fully saturated rings. The smallest absolute Gasteiger partial charge is 0.387 e. The zero-order valence-corrected chi connectivity index (χ0v) is 14.2. The monoisotopic (exact) mass is 355 g/mol. The van der Waals surface area contributed by atoms with Gasteiger partial charge >= 0.3 is 6.61 Å². The molecule has 0 atom stereocenters. The summed E-state index contributed by atoms with van der Waals surface area (Å²) < 4.78 is 56.2. The van der Waals surface area contributed by atoms with Gasteiger partial charge in [-0.05, 0) is 29.7 Å². The van der Waals surface area contributed by atoms with Crippen molar-refractivity contribution >= 4 is 10.0 Å². The van der Waals surface area contributed by atoms with E-state index in [9.17, 15) is 17.2 Å². The van der Waals surface area contributed by atoms with Gasteiger partial charge in [0.1, 0.15) is 5.75 Å². The minimum atomic E-state index is -3.74. The fourth-order valence-electron chi connectivity index (χ4n) is 2.15. The summed E-state index contributed by atoms with van der Waals surface area (Å²) in [5.41, 5.74) is 1.37. The first-order chi connectivity index (χ1) is 11.3. The zero-order chi connectivity index (χ0) is 17.7. The number of hydrogen-bond acceptors (Lipinski definition) is 3. The molecule has 0 bridgehead atoms. The number of halogens is 2. The van der Waals surface area contributed by atoms with E-state index >= 15 is 0 Å². The minimum absolute atomic E-state index is 0.0506. The Hall–Kier alpha value is -1.99. The fourth-order valence-corrected chi connectivity index (χ4v) is 3.16. The number of hydrogen-bond donors (Lipinski definition) is 1. The van der Waals surface area contributed by atoms with Crippen molar-refractivity contribution < 1.29 is 21.9 Å². The van der Waals surface area contributed by atoms with Crippen LogP contribution in [0.3, 0.4) is 0 Å². The lowest BCUT2D eigenvalue weighted by Gasteiger charge is -2.12. The van der Waals surface area contributed by atoms with Crippen molar-refractivity contribution in [3.8, 4) is 5.75 Å². The SMILES string of the molecule is CC(C)c1ccc(S(=O)(=O)NCc2ccccc2OC(F)F)cc1. The average Bonchev–Trinajstić information content (AvgIpc) is 2.53. The summed E-state index contributed by atoms with van der Waals surface area (Å²) >= 11 is 0. The maximum atomic E-state index is 12.4. The molecule has 0 radical (unpaired) electrons. The second kappa shape index (κ2) is 7.72. The highest BCUT2D eigenvalue weighted by molar-refractivity contribution is 7.89. The van der Waals surface area contributed by atoms with Crippen LogP contribution in [0, 0.1) is 0 Å². The molecular weight excluding hydrogens is 336 g/mol. The van der Waals surface area contributed by atoms with Crippen LogP contribution in [-0.2, 0) is 16.6 Å². The number of sulfonamides is 1. The second-order valence-corrected chi connectivity index (χ2v) is 7.30. The molecule has 0 aliphatic carbocycles. The second-order valence-electron chi connectivity index (χ2n) is 5.53. The third-order valence-electron chi connectivity index (χ3n) is 3.50. The van der Waals surface area contributed by atoms with Crippen LogP contribution in [0.25, 0.3) is 0 Å². The van der Waals surface area contributed by atoms with Crippen LogP contribution in [0.4, 0.5) is 8.78 Å². The molecule has 0 spiro atoms. The van der Waals surface area contributed by atoms with Crippen LogP contribution in [-0.4, -0.2) is 15.0 Å². The van der Waals surface area contributed by atoms with Gasteiger partial charge in [-0.25, -0.2) is 13.1 Å².